The lowest BCUT2D eigenvalue weighted by Crippen LogP contribution is -2.29. The lowest BCUT2D eigenvalue weighted by molar-refractivity contribution is -0.129. The molecule has 0 bridgehead atoms. The van der Waals surface area contributed by atoms with E-state index in [0.717, 1.165) is 36.8 Å². The van der Waals surface area contributed by atoms with E-state index in [1.54, 1.807) is 11.3 Å². The van der Waals surface area contributed by atoms with Gasteiger partial charge in [-0.25, -0.2) is 4.98 Å². The molecule has 1 aliphatic heterocycles. The second kappa shape index (κ2) is 4.61. The summed E-state index contributed by atoms with van der Waals surface area (Å²) >= 11 is 1.54. The number of hydrogen-bond donors (Lipinski definition) is 1. The van der Waals surface area contributed by atoms with Crippen molar-refractivity contribution >= 4 is 22.4 Å². The van der Waals surface area contributed by atoms with Gasteiger partial charge in [0.1, 0.15) is 0 Å². The van der Waals surface area contributed by atoms with Crippen molar-refractivity contribution in [2.45, 2.75) is 19.3 Å². The van der Waals surface area contributed by atoms with Crippen molar-refractivity contribution in [1.82, 2.24) is 9.88 Å². The van der Waals surface area contributed by atoms with Crippen LogP contribution in [0.2, 0.25) is 0 Å². The minimum absolute atomic E-state index is 0.209. The van der Waals surface area contributed by atoms with Gasteiger partial charge in [-0.1, -0.05) is 0 Å². The van der Waals surface area contributed by atoms with E-state index in [2.05, 4.69) is 10.3 Å². The van der Waals surface area contributed by atoms with E-state index in [4.69, 9.17) is 0 Å². The number of amides is 1. The molecule has 15 heavy (non-hydrogen) atoms. The van der Waals surface area contributed by atoms with Gasteiger partial charge >= 0.3 is 0 Å². The largest absolute Gasteiger partial charge is 0.365 e. The Kier molecular flexibility index (Phi) is 3.20. The molecule has 2 heterocycles. The number of aromatic nitrogens is 1. The second-order valence-electron chi connectivity index (χ2n) is 3.66. The van der Waals surface area contributed by atoms with E-state index in [1.807, 2.05) is 17.3 Å². The normalized spacial score (nSPS) is 15.7. The summed E-state index contributed by atoms with van der Waals surface area (Å²) in [7, 11) is 1.84. The van der Waals surface area contributed by atoms with Crippen LogP contribution < -0.4 is 5.32 Å². The van der Waals surface area contributed by atoms with Crippen LogP contribution in [0.25, 0.3) is 0 Å². The molecular weight excluding hydrogens is 210 g/mol. The second-order valence-corrected chi connectivity index (χ2v) is 4.52. The van der Waals surface area contributed by atoms with Crippen molar-refractivity contribution in [1.29, 1.82) is 0 Å². The standard InChI is InChI=1S/C10H15N3OS/c1-11-10-12-8(7-15-10)6-9(14)13-4-2-3-5-13/h7H,2-6H2,1H3,(H,11,12). The Bertz CT molecular complexity index is 344. The summed E-state index contributed by atoms with van der Waals surface area (Å²) < 4.78 is 0. The summed E-state index contributed by atoms with van der Waals surface area (Å²) in [5, 5.41) is 5.79. The number of hydrogen-bond acceptors (Lipinski definition) is 4. The third-order valence-corrected chi connectivity index (χ3v) is 3.47. The van der Waals surface area contributed by atoms with Crippen molar-refractivity contribution in [2.75, 3.05) is 25.5 Å². The van der Waals surface area contributed by atoms with Gasteiger partial charge < -0.3 is 10.2 Å². The summed E-state index contributed by atoms with van der Waals surface area (Å²) in [5.41, 5.74) is 0.876. The Hall–Kier alpha value is -1.10. The molecule has 1 N–H and O–H groups in total. The number of rotatable bonds is 3. The summed E-state index contributed by atoms with van der Waals surface area (Å²) in [6.07, 6.45) is 2.73. The van der Waals surface area contributed by atoms with Crippen molar-refractivity contribution < 1.29 is 4.79 Å². The quantitative estimate of drug-likeness (QED) is 0.844. The van der Waals surface area contributed by atoms with Gasteiger partial charge in [0.2, 0.25) is 5.91 Å². The van der Waals surface area contributed by atoms with E-state index >= 15 is 0 Å². The first-order valence-electron chi connectivity index (χ1n) is 5.19. The van der Waals surface area contributed by atoms with Crippen molar-refractivity contribution in [2.24, 2.45) is 0 Å². The number of nitrogens with zero attached hydrogens (tertiary/aromatic N) is 2. The average molecular weight is 225 g/mol. The van der Waals surface area contributed by atoms with Crippen LogP contribution in [-0.4, -0.2) is 35.9 Å². The lowest BCUT2D eigenvalue weighted by atomic mass is 10.3. The third kappa shape index (κ3) is 2.47. The van der Waals surface area contributed by atoms with E-state index in [1.165, 1.54) is 0 Å². The zero-order chi connectivity index (χ0) is 10.7. The minimum Gasteiger partial charge on any atom is -0.365 e. The van der Waals surface area contributed by atoms with E-state index in [0.29, 0.717) is 6.42 Å². The molecule has 0 radical (unpaired) electrons. The van der Waals surface area contributed by atoms with Gasteiger partial charge in [-0.3, -0.25) is 4.79 Å². The number of thiazole rings is 1. The first-order chi connectivity index (χ1) is 7.29. The maximum absolute atomic E-state index is 11.8. The summed E-state index contributed by atoms with van der Waals surface area (Å²) in [6, 6.07) is 0. The van der Waals surface area contributed by atoms with Crippen LogP contribution in [0.4, 0.5) is 5.13 Å². The zero-order valence-corrected chi connectivity index (χ0v) is 9.64. The smallest absolute Gasteiger partial charge is 0.228 e. The van der Waals surface area contributed by atoms with Crippen LogP contribution >= 0.6 is 11.3 Å². The highest BCUT2D eigenvalue weighted by molar-refractivity contribution is 7.13. The van der Waals surface area contributed by atoms with Gasteiger partial charge in [-0.15, -0.1) is 11.3 Å². The molecule has 4 nitrogen and oxygen atoms in total. The molecule has 5 heteroatoms. The average Bonchev–Trinajstić information content (AvgIpc) is 2.87. The van der Waals surface area contributed by atoms with Crippen molar-refractivity contribution in [3.8, 4) is 0 Å². The molecule has 0 aromatic carbocycles. The SMILES string of the molecule is CNc1nc(CC(=O)N2CCCC2)cs1. The first kappa shape index (κ1) is 10.4. The monoisotopic (exact) mass is 225 g/mol. The molecule has 2 rings (SSSR count). The molecule has 1 aromatic rings. The van der Waals surface area contributed by atoms with E-state index < -0.39 is 0 Å². The number of likely N-dealkylation sites (tertiary alicyclic amines) is 1. The Balaban J connectivity index is 1.92. The molecular formula is C10H15N3OS. The number of carbonyl (C=O) groups excluding carboxylic acids is 1. The first-order valence-corrected chi connectivity index (χ1v) is 6.07. The summed E-state index contributed by atoms with van der Waals surface area (Å²) in [6.45, 7) is 1.84. The Morgan fingerprint density at radius 3 is 2.93 bits per heavy atom. The molecule has 0 aliphatic carbocycles. The van der Waals surface area contributed by atoms with Crippen LogP contribution in [0.3, 0.4) is 0 Å². The van der Waals surface area contributed by atoms with E-state index in [-0.39, 0.29) is 5.91 Å². The van der Waals surface area contributed by atoms with Crippen LogP contribution in [0, 0.1) is 0 Å². The van der Waals surface area contributed by atoms with Gasteiger partial charge in [0.05, 0.1) is 12.1 Å². The predicted molar refractivity (Wildman–Crippen MR) is 61.2 cm³/mol. The fourth-order valence-electron chi connectivity index (χ4n) is 1.74. The predicted octanol–water partition coefficient (Wildman–Crippen LogP) is 1.35. The summed E-state index contributed by atoms with van der Waals surface area (Å²) in [5.74, 6) is 0.209. The Morgan fingerprint density at radius 1 is 1.60 bits per heavy atom. The lowest BCUT2D eigenvalue weighted by Gasteiger charge is -2.13. The molecule has 0 saturated carbocycles. The van der Waals surface area contributed by atoms with Gasteiger partial charge in [-0.05, 0) is 12.8 Å². The fraction of sp³-hybridized carbons (Fsp3) is 0.600. The number of anilines is 1. The molecule has 1 saturated heterocycles. The molecule has 0 unspecified atom stereocenters. The zero-order valence-electron chi connectivity index (χ0n) is 8.82. The fourth-order valence-corrected chi connectivity index (χ4v) is 2.41. The highest BCUT2D eigenvalue weighted by Crippen LogP contribution is 2.16. The van der Waals surface area contributed by atoms with Gasteiger partial charge in [-0.2, -0.15) is 0 Å². The molecule has 1 aromatic heterocycles. The number of carbonyl (C=O) groups is 1. The van der Waals surface area contributed by atoms with Crippen LogP contribution in [0.5, 0.6) is 0 Å². The molecule has 1 amide bonds. The van der Waals surface area contributed by atoms with Crippen LogP contribution in [-0.2, 0) is 11.2 Å². The van der Waals surface area contributed by atoms with E-state index in [9.17, 15) is 4.79 Å². The van der Waals surface area contributed by atoms with Gasteiger partial charge in [0.25, 0.3) is 0 Å². The number of nitrogens with one attached hydrogen (secondary N) is 1. The van der Waals surface area contributed by atoms with Gasteiger partial charge in [0, 0.05) is 25.5 Å². The maximum Gasteiger partial charge on any atom is 0.228 e. The molecule has 0 spiro atoms. The summed E-state index contributed by atoms with van der Waals surface area (Å²) in [4.78, 5) is 18.0. The highest BCUT2D eigenvalue weighted by atomic mass is 32.1. The Morgan fingerprint density at radius 2 is 2.33 bits per heavy atom. The Labute approximate surface area is 93.3 Å². The molecule has 82 valence electrons. The van der Waals surface area contributed by atoms with Crippen LogP contribution in [0.15, 0.2) is 5.38 Å². The van der Waals surface area contributed by atoms with Crippen LogP contribution in [0.1, 0.15) is 18.5 Å². The third-order valence-electron chi connectivity index (χ3n) is 2.56. The van der Waals surface area contributed by atoms with Gasteiger partial charge in [0.15, 0.2) is 5.13 Å². The molecule has 1 aliphatic rings. The maximum atomic E-state index is 11.8. The van der Waals surface area contributed by atoms with Crippen molar-refractivity contribution in [3.63, 3.8) is 0 Å². The topological polar surface area (TPSA) is 45.2 Å². The minimum atomic E-state index is 0.209. The molecule has 0 atom stereocenters. The van der Waals surface area contributed by atoms with Crippen molar-refractivity contribution in [3.05, 3.63) is 11.1 Å². The highest BCUT2D eigenvalue weighted by Gasteiger charge is 2.18. The molecule has 1 fully saturated rings.